The summed E-state index contributed by atoms with van der Waals surface area (Å²) in [5.74, 6) is 0.615. The van der Waals surface area contributed by atoms with Crippen molar-refractivity contribution in [2.24, 2.45) is 5.92 Å². The average Bonchev–Trinajstić information content (AvgIpc) is 2.94. The van der Waals surface area contributed by atoms with Crippen LogP contribution in [0.25, 0.3) is 11.7 Å². The Morgan fingerprint density at radius 3 is 2.79 bits per heavy atom. The molecule has 1 aliphatic rings. The van der Waals surface area contributed by atoms with Crippen LogP contribution in [-0.4, -0.2) is 51.3 Å². The summed E-state index contributed by atoms with van der Waals surface area (Å²) in [5.41, 5.74) is 1.62. The van der Waals surface area contributed by atoms with E-state index in [1.165, 1.54) is 21.1 Å². The number of ether oxygens (including phenoxy) is 1. The van der Waals surface area contributed by atoms with E-state index in [-0.39, 0.29) is 11.5 Å². The molecule has 9 heteroatoms. The van der Waals surface area contributed by atoms with Gasteiger partial charge in [0.05, 0.1) is 23.6 Å². The van der Waals surface area contributed by atoms with Crippen LogP contribution in [0.4, 0.5) is 5.82 Å². The van der Waals surface area contributed by atoms with E-state index in [9.17, 15) is 9.59 Å². The molecule has 2 aromatic rings. The number of rotatable bonds is 7. The van der Waals surface area contributed by atoms with E-state index in [1.807, 2.05) is 19.1 Å². The van der Waals surface area contributed by atoms with Gasteiger partial charge in [0.25, 0.3) is 11.5 Å². The van der Waals surface area contributed by atoms with E-state index in [4.69, 9.17) is 17.0 Å². The molecular formula is C20H24N4O3S2. The van der Waals surface area contributed by atoms with Crippen molar-refractivity contribution in [3.05, 3.63) is 44.7 Å². The Balaban J connectivity index is 2.09. The Labute approximate surface area is 179 Å². The van der Waals surface area contributed by atoms with E-state index in [0.717, 1.165) is 5.56 Å². The quantitative estimate of drug-likeness (QED) is 0.532. The van der Waals surface area contributed by atoms with Gasteiger partial charge in [-0.05, 0) is 30.5 Å². The van der Waals surface area contributed by atoms with Crippen LogP contribution in [0.15, 0.2) is 28.0 Å². The highest BCUT2D eigenvalue weighted by atomic mass is 32.2. The molecule has 0 aliphatic carbocycles. The van der Waals surface area contributed by atoms with Crippen LogP contribution >= 0.6 is 24.0 Å². The van der Waals surface area contributed by atoms with Crippen molar-refractivity contribution < 1.29 is 9.53 Å². The number of fused-ring (bicyclic) bond motifs is 1. The van der Waals surface area contributed by atoms with Gasteiger partial charge in [-0.15, -0.1) is 0 Å². The summed E-state index contributed by atoms with van der Waals surface area (Å²) in [7, 11) is 1.57. The Kier molecular flexibility index (Phi) is 6.71. The Hall–Kier alpha value is -2.23. The second-order valence-corrected chi connectivity index (χ2v) is 8.89. The van der Waals surface area contributed by atoms with Crippen molar-refractivity contribution in [3.63, 3.8) is 0 Å². The van der Waals surface area contributed by atoms with E-state index in [1.54, 1.807) is 19.4 Å². The number of methoxy groups -OCH3 is 1. The van der Waals surface area contributed by atoms with Crippen LogP contribution in [0.2, 0.25) is 0 Å². The smallest absolute Gasteiger partial charge is 0.267 e. The van der Waals surface area contributed by atoms with Crippen molar-refractivity contribution in [1.29, 1.82) is 0 Å². The van der Waals surface area contributed by atoms with Crippen molar-refractivity contribution in [2.45, 2.75) is 20.8 Å². The van der Waals surface area contributed by atoms with Gasteiger partial charge < -0.3 is 10.1 Å². The lowest BCUT2D eigenvalue weighted by Crippen LogP contribution is -2.31. The molecule has 154 valence electrons. The molecule has 1 amide bonds. The van der Waals surface area contributed by atoms with Gasteiger partial charge in [-0.25, -0.2) is 4.98 Å². The number of hydrogen-bond donors (Lipinski definition) is 1. The van der Waals surface area contributed by atoms with E-state index in [2.05, 4.69) is 24.1 Å². The predicted molar refractivity (Wildman–Crippen MR) is 121 cm³/mol. The number of nitrogens with one attached hydrogen (secondary N) is 1. The molecule has 1 N–H and O–H groups in total. The summed E-state index contributed by atoms with van der Waals surface area (Å²) in [6, 6.07) is 3.72. The van der Waals surface area contributed by atoms with Crippen LogP contribution in [-0.2, 0) is 9.53 Å². The molecule has 1 saturated heterocycles. The zero-order chi connectivity index (χ0) is 21.1. The molecule has 0 aromatic carbocycles. The molecule has 7 nitrogen and oxygen atoms in total. The third-order valence-corrected chi connectivity index (χ3v) is 5.73. The maximum absolute atomic E-state index is 13.2. The highest BCUT2D eigenvalue weighted by molar-refractivity contribution is 8.26. The molecule has 2 aromatic heterocycles. The topological polar surface area (TPSA) is 75.9 Å². The standard InChI is InChI=1S/C20H24N4O3S2/c1-12(2)10-21-17-14(18(25)24-11-13(3)5-6-16(24)22-17)9-15-19(26)23(7-8-27-4)20(28)29-15/h5-6,9,11-12,21H,7-8,10H2,1-4H3. The summed E-state index contributed by atoms with van der Waals surface area (Å²) in [5, 5.41) is 3.25. The third-order valence-electron chi connectivity index (χ3n) is 4.35. The van der Waals surface area contributed by atoms with Gasteiger partial charge >= 0.3 is 0 Å². The highest BCUT2D eigenvalue weighted by Gasteiger charge is 2.32. The van der Waals surface area contributed by atoms with Crippen LogP contribution in [0.1, 0.15) is 25.0 Å². The second-order valence-electron chi connectivity index (χ2n) is 7.21. The first-order chi connectivity index (χ1) is 13.8. The van der Waals surface area contributed by atoms with Gasteiger partial charge in [-0.3, -0.25) is 18.9 Å². The van der Waals surface area contributed by atoms with Gasteiger partial charge in [0.15, 0.2) is 0 Å². The maximum atomic E-state index is 13.2. The number of carbonyl (C=O) groups excluding carboxylic acids is 1. The molecule has 0 radical (unpaired) electrons. The fraction of sp³-hybridized carbons (Fsp3) is 0.400. The normalized spacial score (nSPS) is 15.9. The predicted octanol–water partition coefficient (Wildman–Crippen LogP) is 2.92. The first-order valence-electron chi connectivity index (χ1n) is 9.33. The lowest BCUT2D eigenvalue weighted by atomic mass is 10.2. The number of anilines is 1. The van der Waals surface area contributed by atoms with Crippen LogP contribution in [0.3, 0.4) is 0 Å². The first kappa shape index (κ1) is 21.5. The summed E-state index contributed by atoms with van der Waals surface area (Å²) < 4.78 is 7.02. The van der Waals surface area contributed by atoms with Crippen molar-refractivity contribution >= 4 is 51.7 Å². The molecule has 29 heavy (non-hydrogen) atoms. The number of pyridine rings is 1. The van der Waals surface area contributed by atoms with Crippen molar-refractivity contribution in [1.82, 2.24) is 14.3 Å². The van der Waals surface area contributed by atoms with Crippen LogP contribution in [0, 0.1) is 12.8 Å². The summed E-state index contributed by atoms with van der Waals surface area (Å²) >= 11 is 6.51. The number of aromatic nitrogens is 2. The third kappa shape index (κ3) is 4.68. The Morgan fingerprint density at radius 2 is 2.10 bits per heavy atom. The number of hydrogen-bond acceptors (Lipinski definition) is 7. The highest BCUT2D eigenvalue weighted by Crippen LogP contribution is 2.32. The zero-order valence-electron chi connectivity index (χ0n) is 16.9. The second kappa shape index (κ2) is 9.06. The molecule has 3 heterocycles. The lowest BCUT2D eigenvalue weighted by molar-refractivity contribution is -0.122. The van der Waals surface area contributed by atoms with E-state index >= 15 is 0 Å². The fourth-order valence-electron chi connectivity index (χ4n) is 2.83. The first-order valence-corrected chi connectivity index (χ1v) is 10.6. The minimum Gasteiger partial charge on any atom is -0.383 e. The molecule has 0 unspecified atom stereocenters. The molecule has 0 bridgehead atoms. The minimum atomic E-state index is -0.230. The summed E-state index contributed by atoms with van der Waals surface area (Å²) in [4.78, 5) is 32.5. The molecule has 1 fully saturated rings. The monoisotopic (exact) mass is 432 g/mol. The number of thiocarbonyl (C=S) groups is 1. The van der Waals surface area contributed by atoms with Gasteiger partial charge in [-0.2, -0.15) is 0 Å². The summed E-state index contributed by atoms with van der Waals surface area (Å²) in [6.45, 7) is 7.49. The number of nitrogens with zero attached hydrogens (tertiary/aromatic N) is 3. The fourth-order valence-corrected chi connectivity index (χ4v) is 4.12. The minimum absolute atomic E-state index is 0.222. The number of carbonyl (C=O) groups is 1. The van der Waals surface area contributed by atoms with Crippen LogP contribution in [0.5, 0.6) is 0 Å². The number of aryl methyl sites for hydroxylation is 1. The van der Waals surface area contributed by atoms with Crippen LogP contribution < -0.4 is 10.9 Å². The molecule has 0 saturated carbocycles. The molecule has 0 spiro atoms. The molecule has 0 atom stereocenters. The molecular weight excluding hydrogens is 408 g/mol. The summed E-state index contributed by atoms with van der Waals surface area (Å²) in [6.07, 6.45) is 3.34. The maximum Gasteiger partial charge on any atom is 0.267 e. The SMILES string of the molecule is COCCN1C(=O)C(=Cc2c(NCC(C)C)nc3ccc(C)cn3c2=O)SC1=S. The average molecular weight is 433 g/mol. The van der Waals surface area contributed by atoms with E-state index in [0.29, 0.717) is 51.9 Å². The Bertz CT molecular complexity index is 1050. The number of amides is 1. The number of thioether (sulfide) groups is 1. The molecule has 3 rings (SSSR count). The van der Waals surface area contributed by atoms with Gasteiger partial charge in [0, 0.05) is 19.9 Å². The lowest BCUT2D eigenvalue weighted by Gasteiger charge is -2.14. The Morgan fingerprint density at radius 1 is 1.34 bits per heavy atom. The zero-order valence-corrected chi connectivity index (χ0v) is 18.5. The van der Waals surface area contributed by atoms with Gasteiger partial charge in [0.2, 0.25) is 0 Å². The van der Waals surface area contributed by atoms with E-state index < -0.39 is 0 Å². The van der Waals surface area contributed by atoms with Crippen molar-refractivity contribution in [2.75, 3.05) is 32.1 Å². The van der Waals surface area contributed by atoms with Gasteiger partial charge in [-0.1, -0.05) is 43.9 Å². The van der Waals surface area contributed by atoms with Gasteiger partial charge in [0.1, 0.15) is 15.8 Å². The largest absolute Gasteiger partial charge is 0.383 e. The van der Waals surface area contributed by atoms with Crippen molar-refractivity contribution in [3.8, 4) is 0 Å². The molecule has 1 aliphatic heterocycles.